The lowest BCUT2D eigenvalue weighted by molar-refractivity contribution is -0.150. The number of ether oxygens (including phenoxy) is 1. The van der Waals surface area contributed by atoms with E-state index in [1.807, 2.05) is 31.2 Å². The fraction of sp³-hybridized carbons (Fsp3) is 0.455. The molecule has 1 aromatic carbocycles. The predicted octanol–water partition coefficient (Wildman–Crippen LogP) is 2.75. The Hall–Kier alpha value is -2.23. The first-order valence-corrected chi connectivity index (χ1v) is 12.7. The van der Waals surface area contributed by atoms with Crippen LogP contribution in [0, 0.1) is 12.8 Å². The average Bonchev–Trinajstić information content (AvgIpc) is 3.32. The largest absolute Gasteiger partial charge is 0.464 e. The van der Waals surface area contributed by atoms with Gasteiger partial charge in [0.05, 0.1) is 12.5 Å². The van der Waals surface area contributed by atoms with Gasteiger partial charge in [0.15, 0.2) is 0 Å². The lowest BCUT2D eigenvalue weighted by Crippen LogP contribution is -2.40. The number of carbonyl (C=O) groups excluding carboxylic acids is 2. The number of hydrogen-bond donors (Lipinski definition) is 1. The Kier molecular flexibility index (Phi) is 8.22. The molecule has 0 spiro atoms. The molecule has 1 N–H and O–H groups in total. The molecule has 1 aliphatic rings. The Balaban J connectivity index is 1.31. The van der Waals surface area contributed by atoms with Crippen LogP contribution in [-0.2, 0) is 30.8 Å². The number of piperidine rings is 1. The lowest BCUT2D eigenvalue weighted by Gasteiger charge is -2.29. The molecule has 1 saturated heterocycles. The molecule has 0 radical (unpaired) electrons. The van der Waals surface area contributed by atoms with Crippen molar-refractivity contribution < 1.29 is 22.7 Å². The summed E-state index contributed by atoms with van der Waals surface area (Å²) >= 11 is 1.19. The van der Waals surface area contributed by atoms with Crippen molar-refractivity contribution in [2.24, 2.45) is 5.92 Å². The van der Waals surface area contributed by atoms with Crippen LogP contribution in [-0.4, -0.2) is 50.8 Å². The number of rotatable bonds is 9. The van der Waals surface area contributed by atoms with Crippen LogP contribution in [0.15, 0.2) is 46.0 Å². The second kappa shape index (κ2) is 10.9. The molecule has 1 aromatic heterocycles. The highest BCUT2D eigenvalue weighted by Crippen LogP contribution is 2.26. The molecular formula is C22H28N2O5S2. The Morgan fingerprint density at radius 2 is 1.87 bits per heavy atom. The van der Waals surface area contributed by atoms with E-state index < -0.39 is 10.0 Å². The Labute approximate surface area is 187 Å². The van der Waals surface area contributed by atoms with Crippen LogP contribution < -0.4 is 5.32 Å². The van der Waals surface area contributed by atoms with Crippen molar-refractivity contribution in [3.8, 4) is 0 Å². The highest BCUT2D eigenvalue weighted by atomic mass is 32.2. The topological polar surface area (TPSA) is 92.8 Å². The third kappa shape index (κ3) is 6.62. The van der Waals surface area contributed by atoms with E-state index in [2.05, 4.69) is 5.32 Å². The van der Waals surface area contributed by atoms with Gasteiger partial charge in [-0.2, -0.15) is 4.31 Å². The predicted molar refractivity (Wildman–Crippen MR) is 119 cm³/mol. The zero-order chi connectivity index (χ0) is 22.3. The summed E-state index contributed by atoms with van der Waals surface area (Å²) in [5.41, 5.74) is 2.30. The van der Waals surface area contributed by atoms with Gasteiger partial charge in [-0.25, -0.2) is 8.42 Å². The van der Waals surface area contributed by atoms with Crippen molar-refractivity contribution in [1.29, 1.82) is 0 Å². The van der Waals surface area contributed by atoms with Crippen molar-refractivity contribution in [2.75, 3.05) is 26.2 Å². The van der Waals surface area contributed by atoms with Crippen LogP contribution in [0.4, 0.5) is 0 Å². The van der Waals surface area contributed by atoms with Crippen molar-refractivity contribution in [2.45, 2.75) is 36.8 Å². The second-order valence-electron chi connectivity index (χ2n) is 7.61. The summed E-state index contributed by atoms with van der Waals surface area (Å²) in [4.78, 5) is 24.2. The summed E-state index contributed by atoms with van der Waals surface area (Å²) in [6, 6.07) is 11.4. The molecule has 2 aromatic rings. The molecule has 3 rings (SSSR count). The van der Waals surface area contributed by atoms with Crippen LogP contribution >= 0.6 is 11.3 Å². The highest BCUT2D eigenvalue weighted by Gasteiger charge is 2.33. The number of hydrogen-bond acceptors (Lipinski definition) is 6. The van der Waals surface area contributed by atoms with E-state index >= 15 is 0 Å². The number of esters is 1. The van der Waals surface area contributed by atoms with Gasteiger partial charge in [0, 0.05) is 19.5 Å². The smallest absolute Gasteiger partial charge is 0.309 e. The SMILES string of the molecule is Cc1ccc(CCC(=O)NCCOC(=O)C2CCN(S(=O)(=O)c3cccs3)CC2)cc1. The lowest BCUT2D eigenvalue weighted by atomic mass is 9.98. The van der Waals surface area contributed by atoms with Crippen molar-refractivity contribution in [1.82, 2.24) is 9.62 Å². The molecular weight excluding hydrogens is 436 g/mol. The number of amides is 1. The summed E-state index contributed by atoms with van der Waals surface area (Å²) in [5.74, 6) is -0.724. The molecule has 1 fully saturated rings. The maximum Gasteiger partial charge on any atom is 0.309 e. The number of nitrogens with zero attached hydrogens (tertiary/aromatic N) is 1. The monoisotopic (exact) mass is 464 g/mol. The van der Waals surface area contributed by atoms with Gasteiger partial charge in [0.2, 0.25) is 5.91 Å². The van der Waals surface area contributed by atoms with Crippen molar-refractivity contribution in [3.05, 3.63) is 52.9 Å². The molecule has 1 aliphatic heterocycles. The molecule has 0 aliphatic carbocycles. The van der Waals surface area contributed by atoms with Crippen LogP contribution in [0.5, 0.6) is 0 Å². The van der Waals surface area contributed by atoms with Gasteiger partial charge in [0.25, 0.3) is 10.0 Å². The Morgan fingerprint density at radius 1 is 1.16 bits per heavy atom. The fourth-order valence-corrected chi connectivity index (χ4v) is 6.04. The number of thiophene rings is 1. The van der Waals surface area contributed by atoms with Gasteiger partial charge in [-0.1, -0.05) is 35.9 Å². The Morgan fingerprint density at radius 3 is 2.52 bits per heavy atom. The first-order chi connectivity index (χ1) is 14.9. The summed E-state index contributed by atoms with van der Waals surface area (Å²) in [5, 5.41) is 4.50. The van der Waals surface area contributed by atoms with Crippen LogP contribution in [0.2, 0.25) is 0 Å². The van der Waals surface area contributed by atoms with E-state index in [0.717, 1.165) is 5.56 Å². The minimum Gasteiger partial charge on any atom is -0.464 e. The van der Waals surface area contributed by atoms with Gasteiger partial charge < -0.3 is 10.1 Å². The molecule has 2 heterocycles. The summed E-state index contributed by atoms with van der Waals surface area (Å²) in [6.45, 7) is 3.01. The van der Waals surface area contributed by atoms with Crippen molar-refractivity contribution in [3.63, 3.8) is 0 Å². The average molecular weight is 465 g/mol. The molecule has 0 unspecified atom stereocenters. The third-order valence-electron chi connectivity index (χ3n) is 5.31. The van der Waals surface area contributed by atoms with E-state index in [4.69, 9.17) is 4.74 Å². The number of carbonyl (C=O) groups is 2. The summed E-state index contributed by atoms with van der Waals surface area (Å²) in [7, 11) is -3.47. The quantitative estimate of drug-likeness (QED) is 0.455. The van der Waals surface area contributed by atoms with Gasteiger partial charge in [-0.15, -0.1) is 11.3 Å². The van der Waals surface area contributed by atoms with Gasteiger partial charge in [0.1, 0.15) is 10.8 Å². The van der Waals surface area contributed by atoms with E-state index in [1.165, 1.54) is 21.2 Å². The highest BCUT2D eigenvalue weighted by molar-refractivity contribution is 7.91. The van der Waals surface area contributed by atoms with Gasteiger partial charge >= 0.3 is 5.97 Å². The first kappa shape index (κ1) is 23.4. The molecule has 9 heteroatoms. The molecule has 31 heavy (non-hydrogen) atoms. The first-order valence-electron chi connectivity index (χ1n) is 10.4. The van der Waals surface area contributed by atoms with E-state index in [9.17, 15) is 18.0 Å². The maximum atomic E-state index is 12.5. The molecule has 0 bridgehead atoms. The molecule has 7 nitrogen and oxygen atoms in total. The normalized spacial score (nSPS) is 15.5. The van der Waals surface area contributed by atoms with Gasteiger partial charge in [-0.05, 0) is 43.2 Å². The van der Waals surface area contributed by atoms with Crippen molar-refractivity contribution >= 4 is 33.2 Å². The second-order valence-corrected chi connectivity index (χ2v) is 10.7. The van der Waals surface area contributed by atoms with Gasteiger partial charge in [-0.3, -0.25) is 9.59 Å². The zero-order valence-electron chi connectivity index (χ0n) is 17.6. The Bertz CT molecular complexity index is 964. The minimum atomic E-state index is -3.47. The zero-order valence-corrected chi connectivity index (χ0v) is 19.2. The number of aryl methyl sites for hydroxylation is 2. The van der Waals surface area contributed by atoms with E-state index in [-0.39, 0.29) is 30.9 Å². The third-order valence-corrected chi connectivity index (χ3v) is 8.58. The molecule has 1 amide bonds. The standard InChI is InChI=1S/C22H28N2O5S2/c1-17-4-6-18(7-5-17)8-9-20(25)23-12-15-29-22(26)19-10-13-24(14-11-19)31(27,28)21-3-2-16-30-21/h2-7,16,19H,8-15H2,1H3,(H,23,25). The van der Waals surface area contributed by atoms with Crippen LogP contribution in [0.25, 0.3) is 0 Å². The summed E-state index contributed by atoms with van der Waals surface area (Å²) < 4.78 is 32.1. The summed E-state index contributed by atoms with van der Waals surface area (Å²) in [6.07, 6.45) is 1.92. The number of benzene rings is 1. The van der Waals surface area contributed by atoms with E-state index in [0.29, 0.717) is 43.0 Å². The molecule has 0 saturated carbocycles. The van der Waals surface area contributed by atoms with Crippen LogP contribution in [0.1, 0.15) is 30.4 Å². The maximum absolute atomic E-state index is 12.5. The fourth-order valence-electron chi connectivity index (χ4n) is 3.43. The van der Waals surface area contributed by atoms with Crippen LogP contribution in [0.3, 0.4) is 0 Å². The minimum absolute atomic E-state index is 0.0799. The molecule has 0 atom stereocenters. The molecule has 168 valence electrons. The van der Waals surface area contributed by atoms with E-state index in [1.54, 1.807) is 17.5 Å². The number of nitrogens with one attached hydrogen (secondary N) is 1. The number of sulfonamides is 1.